The third-order valence-corrected chi connectivity index (χ3v) is 3.86. The minimum atomic E-state index is -1.92. The first-order chi connectivity index (χ1) is 10.8. The summed E-state index contributed by atoms with van der Waals surface area (Å²) in [7, 11) is 0. The number of hydrogen-bond acceptors (Lipinski definition) is 11. The van der Waals surface area contributed by atoms with E-state index >= 15 is 0 Å². The van der Waals surface area contributed by atoms with Crippen LogP contribution in [0.25, 0.3) is 0 Å². The van der Waals surface area contributed by atoms with Crippen LogP contribution in [-0.4, -0.2) is 110 Å². The fourth-order valence-electron chi connectivity index (χ4n) is 2.47. The number of rotatable bonds is 4. The van der Waals surface area contributed by atoms with Crippen LogP contribution >= 0.6 is 0 Å². The topological polar surface area (TPSA) is 186 Å². The Balaban J connectivity index is 2.13. The Morgan fingerprint density at radius 3 is 2.04 bits per heavy atom. The normalized spacial score (nSPS) is 48.1. The summed E-state index contributed by atoms with van der Waals surface area (Å²) >= 11 is 0. The van der Waals surface area contributed by atoms with Crippen molar-refractivity contribution in [3.63, 3.8) is 0 Å². The lowest BCUT2D eigenvalue weighted by molar-refractivity contribution is -0.331. The summed E-state index contributed by atoms with van der Waals surface area (Å²) in [4.78, 5) is 11.3. The van der Waals surface area contributed by atoms with Crippen molar-refractivity contribution in [3.05, 3.63) is 0 Å². The zero-order chi connectivity index (χ0) is 17.3. The first kappa shape index (κ1) is 18.4. The van der Waals surface area contributed by atoms with Gasteiger partial charge in [0.05, 0.1) is 13.2 Å². The van der Waals surface area contributed by atoms with Crippen molar-refractivity contribution in [2.75, 3.05) is 13.2 Å². The lowest BCUT2D eigenvalue weighted by atomic mass is 9.97. The van der Waals surface area contributed by atoms with Gasteiger partial charge < -0.3 is 50.0 Å². The Bertz CT molecular complexity index is 414. The molecule has 0 aromatic heterocycles. The van der Waals surface area contributed by atoms with Crippen molar-refractivity contribution in [2.45, 2.75) is 55.1 Å². The average molecular weight is 340 g/mol. The molecule has 11 heteroatoms. The second-order valence-corrected chi connectivity index (χ2v) is 5.39. The van der Waals surface area contributed by atoms with Gasteiger partial charge in [-0.1, -0.05) is 0 Å². The van der Waals surface area contributed by atoms with Crippen molar-refractivity contribution in [1.29, 1.82) is 0 Å². The molecule has 0 saturated carbocycles. The molecular weight excluding hydrogens is 320 g/mol. The van der Waals surface area contributed by atoms with E-state index in [0.717, 1.165) is 0 Å². The molecule has 0 spiro atoms. The fraction of sp³-hybridized carbons (Fsp3) is 0.917. The summed E-state index contributed by atoms with van der Waals surface area (Å²) in [6.07, 6.45) is -14.4. The molecule has 0 aromatic rings. The van der Waals surface area contributed by atoms with E-state index in [1.807, 2.05) is 0 Å². The van der Waals surface area contributed by atoms with Gasteiger partial charge in [0.2, 0.25) is 0 Å². The number of carbonyl (C=O) groups is 1. The lowest BCUT2D eigenvalue weighted by Gasteiger charge is -2.43. The zero-order valence-electron chi connectivity index (χ0n) is 11.9. The lowest BCUT2D eigenvalue weighted by Crippen LogP contribution is -2.63. The molecular formula is C12H20O11. The van der Waals surface area contributed by atoms with Gasteiger partial charge in [0.15, 0.2) is 18.5 Å². The van der Waals surface area contributed by atoms with E-state index in [1.165, 1.54) is 0 Å². The molecule has 2 saturated heterocycles. The summed E-state index contributed by atoms with van der Waals surface area (Å²) < 4.78 is 15.0. The molecule has 0 aromatic carbocycles. The van der Waals surface area contributed by atoms with E-state index in [4.69, 9.17) is 14.6 Å². The van der Waals surface area contributed by atoms with Crippen LogP contribution in [0.4, 0.5) is 0 Å². The van der Waals surface area contributed by atoms with E-state index in [-0.39, 0.29) is 0 Å². The number of aliphatic hydroxyl groups is 7. The van der Waals surface area contributed by atoms with Crippen molar-refractivity contribution in [3.8, 4) is 0 Å². The highest BCUT2D eigenvalue weighted by molar-refractivity contribution is 5.76. The molecule has 0 radical (unpaired) electrons. The van der Waals surface area contributed by atoms with Crippen molar-refractivity contribution in [2.24, 2.45) is 0 Å². The Morgan fingerprint density at radius 1 is 0.870 bits per heavy atom. The number of esters is 1. The molecule has 2 aliphatic heterocycles. The van der Waals surface area contributed by atoms with Gasteiger partial charge in [0.25, 0.3) is 0 Å². The number of cyclic esters (lactones) is 1. The third-order valence-electron chi connectivity index (χ3n) is 3.86. The van der Waals surface area contributed by atoms with Gasteiger partial charge in [0.1, 0.15) is 36.6 Å². The highest BCUT2D eigenvalue weighted by Gasteiger charge is 2.50. The highest BCUT2D eigenvalue weighted by atomic mass is 16.7. The van der Waals surface area contributed by atoms with E-state index in [1.54, 1.807) is 0 Å². The van der Waals surface area contributed by atoms with Crippen LogP contribution in [-0.2, 0) is 19.0 Å². The molecule has 7 N–H and O–H groups in total. The SMILES string of the molecule is O=C1O[C@H](CO)[C@@H](O[C@@H]2OC(CO)C(O)C(O)C2O)[C@H](O)[C@H]1O. The maximum atomic E-state index is 11.3. The van der Waals surface area contributed by atoms with Crippen LogP contribution in [0.3, 0.4) is 0 Å². The van der Waals surface area contributed by atoms with Crippen LogP contribution in [0, 0.1) is 0 Å². The quantitative estimate of drug-likeness (QED) is 0.242. The van der Waals surface area contributed by atoms with Crippen LogP contribution in [0.1, 0.15) is 0 Å². The molecule has 2 rings (SSSR count). The summed E-state index contributed by atoms with van der Waals surface area (Å²) in [6.45, 7) is -1.42. The van der Waals surface area contributed by atoms with Gasteiger partial charge in [-0.25, -0.2) is 4.79 Å². The summed E-state index contributed by atoms with van der Waals surface area (Å²) in [5.41, 5.74) is 0. The van der Waals surface area contributed by atoms with Crippen molar-refractivity contribution < 1.29 is 54.8 Å². The van der Waals surface area contributed by atoms with Crippen LogP contribution in [0.15, 0.2) is 0 Å². The second-order valence-electron chi connectivity index (χ2n) is 5.39. The number of carbonyl (C=O) groups excluding carboxylic acids is 1. The molecule has 23 heavy (non-hydrogen) atoms. The summed E-state index contributed by atoms with van der Waals surface area (Å²) in [5, 5.41) is 66.8. The summed E-state index contributed by atoms with van der Waals surface area (Å²) in [6, 6.07) is 0. The molecule has 4 unspecified atom stereocenters. The predicted molar refractivity (Wildman–Crippen MR) is 67.6 cm³/mol. The Labute approximate surface area is 130 Å². The fourth-order valence-corrected chi connectivity index (χ4v) is 2.47. The van der Waals surface area contributed by atoms with Gasteiger partial charge in [-0.05, 0) is 0 Å². The molecule has 134 valence electrons. The molecule has 0 bridgehead atoms. The van der Waals surface area contributed by atoms with Crippen LogP contribution < -0.4 is 0 Å². The molecule has 2 heterocycles. The second kappa shape index (κ2) is 7.34. The molecule has 2 aliphatic rings. The van der Waals surface area contributed by atoms with Gasteiger partial charge >= 0.3 is 5.97 Å². The number of ether oxygens (including phenoxy) is 3. The third kappa shape index (κ3) is 3.47. The Hall–Kier alpha value is -0.890. The minimum absolute atomic E-state index is 0.681. The summed E-state index contributed by atoms with van der Waals surface area (Å²) in [5.74, 6) is -1.15. The van der Waals surface area contributed by atoms with Crippen LogP contribution in [0.2, 0.25) is 0 Å². The standard InChI is InChI=1S/C12H20O11/c13-1-3-5(15)6(16)9(19)12(22-3)23-10-4(2-14)21-11(20)8(18)7(10)17/h3-10,12-19H,1-2H2/t3?,4-,5?,6?,7-,8-,9?,10-,12+/m1/s1. The molecule has 0 aliphatic carbocycles. The highest BCUT2D eigenvalue weighted by Crippen LogP contribution is 2.27. The first-order valence-electron chi connectivity index (χ1n) is 6.95. The smallest absolute Gasteiger partial charge is 0.338 e. The Morgan fingerprint density at radius 2 is 1.48 bits per heavy atom. The van der Waals surface area contributed by atoms with Gasteiger partial charge in [-0.2, -0.15) is 0 Å². The van der Waals surface area contributed by atoms with Crippen LogP contribution in [0.5, 0.6) is 0 Å². The largest absolute Gasteiger partial charge is 0.455 e. The Kier molecular flexibility index (Phi) is 5.89. The molecule has 0 amide bonds. The minimum Gasteiger partial charge on any atom is -0.455 e. The van der Waals surface area contributed by atoms with Gasteiger partial charge in [-0.3, -0.25) is 0 Å². The van der Waals surface area contributed by atoms with E-state index in [0.29, 0.717) is 0 Å². The average Bonchev–Trinajstić information content (AvgIpc) is 2.55. The van der Waals surface area contributed by atoms with E-state index in [2.05, 4.69) is 4.74 Å². The van der Waals surface area contributed by atoms with Gasteiger partial charge in [0, 0.05) is 0 Å². The van der Waals surface area contributed by atoms with Crippen molar-refractivity contribution in [1.82, 2.24) is 0 Å². The van der Waals surface area contributed by atoms with Gasteiger partial charge in [-0.15, -0.1) is 0 Å². The predicted octanol–water partition coefficient (Wildman–Crippen LogP) is -5.19. The zero-order valence-corrected chi connectivity index (χ0v) is 11.9. The maximum absolute atomic E-state index is 11.3. The maximum Gasteiger partial charge on any atom is 0.338 e. The van der Waals surface area contributed by atoms with Crippen molar-refractivity contribution >= 4 is 5.97 Å². The van der Waals surface area contributed by atoms with E-state index in [9.17, 15) is 35.4 Å². The molecule has 11 nitrogen and oxygen atoms in total. The first-order valence-corrected chi connectivity index (χ1v) is 6.95. The molecule has 2 fully saturated rings. The van der Waals surface area contributed by atoms with E-state index < -0.39 is 74.3 Å². The number of hydrogen-bond donors (Lipinski definition) is 7. The monoisotopic (exact) mass is 340 g/mol. The number of aliphatic hydroxyl groups excluding tert-OH is 7. The molecule has 9 atom stereocenters.